The van der Waals surface area contributed by atoms with E-state index in [0.29, 0.717) is 6.04 Å². The summed E-state index contributed by atoms with van der Waals surface area (Å²) in [6.07, 6.45) is 4.99. The number of hydrogen-bond donors (Lipinski definition) is 0. The molecule has 56 valence electrons. The first-order valence-electron chi connectivity index (χ1n) is 4.02. The summed E-state index contributed by atoms with van der Waals surface area (Å²) in [5.41, 5.74) is 0. The summed E-state index contributed by atoms with van der Waals surface area (Å²) < 4.78 is 0. The number of fused-ring (bicyclic) bond motifs is 1. The van der Waals surface area contributed by atoms with E-state index in [4.69, 9.17) is 0 Å². The predicted molar refractivity (Wildman–Crippen MR) is 38.2 cm³/mol. The zero-order valence-electron chi connectivity index (χ0n) is 5.99. The molecule has 0 aromatic heterocycles. The highest BCUT2D eigenvalue weighted by atomic mass is 16.3. The van der Waals surface area contributed by atoms with Crippen LogP contribution in [0.4, 0.5) is 0 Å². The molecule has 2 aliphatic rings. The first-order valence-corrected chi connectivity index (χ1v) is 4.02. The zero-order chi connectivity index (χ0) is 6.97. The lowest BCUT2D eigenvalue weighted by Crippen LogP contribution is -2.23. The van der Waals surface area contributed by atoms with Crippen LogP contribution in [-0.2, 0) is 0 Å². The van der Waals surface area contributed by atoms with Crippen molar-refractivity contribution >= 4 is 0 Å². The molecule has 0 aromatic carbocycles. The van der Waals surface area contributed by atoms with E-state index in [9.17, 15) is 4.91 Å². The van der Waals surface area contributed by atoms with Crippen LogP contribution in [-0.4, -0.2) is 17.6 Å². The third-order valence-corrected chi connectivity index (χ3v) is 2.84. The van der Waals surface area contributed by atoms with Crippen molar-refractivity contribution in [3.8, 4) is 0 Å². The molecule has 1 saturated heterocycles. The van der Waals surface area contributed by atoms with E-state index in [1.54, 1.807) is 5.01 Å². The Hall–Kier alpha value is -0.600. The van der Waals surface area contributed by atoms with E-state index in [-0.39, 0.29) is 0 Å². The van der Waals surface area contributed by atoms with Gasteiger partial charge < -0.3 is 0 Å². The lowest BCUT2D eigenvalue weighted by atomic mass is 10.1. The smallest absolute Gasteiger partial charge is 0.0531 e. The van der Waals surface area contributed by atoms with Crippen LogP contribution in [0.15, 0.2) is 5.29 Å². The van der Waals surface area contributed by atoms with Gasteiger partial charge >= 0.3 is 0 Å². The highest BCUT2D eigenvalue weighted by Gasteiger charge is 2.37. The molecule has 2 fully saturated rings. The summed E-state index contributed by atoms with van der Waals surface area (Å²) in [4.78, 5) is 10.2. The Morgan fingerprint density at radius 3 is 3.00 bits per heavy atom. The Morgan fingerprint density at radius 1 is 1.30 bits per heavy atom. The first kappa shape index (κ1) is 6.13. The van der Waals surface area contributed by atoms with Gasteiger partial charge in [0, 0.05) is 6.54 Å². The van der Waals surface area contributed by atoms with Gasteiger partial charge in [-0.2, -0.15) is 0 Å². The second-order valence-electron chi connectivity index (χ2n) is 3.29. The lowest BCUT2D eigenvalue weighted by molar-refractivity contribution is 0.249. The summed E-state index contributed by atoms with van der Waals surface area (Å²) in [7, 11) is 0. The molecular formula is C7H12N2O. The molecule has 0 N–H and O–H groups in total. The van der Waals surface area contributed by atoms with Crippen molar-refractivity contribution in [1.29, 1.82) is 0 Å². The first-order chi connectivity index (χ1) is 4.92. The highest BCUT2D eigenvalue weighted by molar-refractivity contribution is 4.89. The summed E-state index contributed by atoms with van der Waals surface area (Å²) >= 11 is 0. The van der Waals surface area contributed by atoms with E-state index in [0.717, 1.165) is 12.5 Å². The van der Waals surface area contributed by atoms with Crippen molar-refractivity contribution in [2.75, 3.05) is 6.54 Å². The van der Waals surface area contributed by atoms with Crippen molar-refractivity contribution in [3.63, 3.8) is 0 Å². The summed E-state index contributed by atoms with van der Waals surface area (Å²) in [5.74, 6) is 0.790. The quantitative estimate of drug-likeness (QED) is 0.517. The lowest BCUT2D eigenvalue weighted by Gasteiger charge is -2.15. The van der Waals surface area contributed by atoms with Crippen LogP contribution in [0, 0.1) is 10.8 Å². The fourth-order valence-electron chi connectivity index (χ4n) is 2.31. The average molecular weight is 140 g/mol. The molecule has 1 heterocycles. The molecule has 0 radical (unpaired) electrons. The molecule has 1 aliphatic carbocycles. The summed E-state index contributed by atoms with van der Waals surface area (Å²) in [6.45, 7) is 0.902. The Kier molecular flexibility index (Phi) is 1.36. The van der Waals surface area contributed by atoms with E-state index in [1.807, 2.05) is 0 Å². The molecule has 3 heteroatoms. The van der Waals surface area contributed by atoms with Crippen molar-refractivity contribution in [2.45, 2.75) is 31.7 Å². The van der Waals surface area contributed by atoms with Gasteiger partial charge in [0.2, 0.25) is 0 Å². The van der Waals surface area contributed by atoms with Gasteiger partial charge in [-0.3, -0.25) is 5.01 Å². The highest BCUT2D eigenvalue weighted by Crippen LogP contribution is 2.37. The molecule has 3 nitrogen and oxygen atoms in total. The van der Waals surface area contributed by atoms with Crippen molar-refractivity contribution < 1.29 is 0 Å². The number of hydrogen-bond acceptors (Lipinski definition) is 2. The fraction of sp³-hybridized carbons (Fsp3) is 1.00. The SMILES string of the molecule is O=NN1CC[C@H]2CCC[C@H]21. The molecule has 2 atom stereocenters. The third-order valence-electron chi connectivity index (χ3n) is 2.84. The van der Waals surface area contributed by atoms with Crippen molar-refractivity contribution in [3.05, 3.63) is 4.91 Å². The number of nitrogens with zero attached hydrogens (tertiary/aromatic N) is 2. The van der Waals surface area contributed by atoms with Gasteiger partial charge in [0.05, 0.1) is 11.3 Å². The largest absolute Gasteiger partial charge is 0.258 e. The molecule has 1 saturated carbocycles. The van der Waals surface area contributed by atoms with Crippen LogP contribution in [0.3, 0.4) is 0 Å². The van der Waals surface area contributed by atoms with Gasteiger partial charge in [-0.1, -0.05) is 6.42 Å². The Morgan fingerprint density at radius 2 is 2.20 bits per heavy atom. The predicted octanol–water partition coefficient (Wildman–Crippen LogP) is 1.54. The number of rotatable bonds is 1. The normalized spacial score (nSPS) is 38.2. The molecule has 0 amide bonds. The molecule has 0 unspecified atom stereocenters. The van der Waals surface area contributed by atoms with Crippen LogP contribution in [0.2, 0.25) is 0 Å². The van der Waals surface area contributed by atoms with Crippen LogP contribution in [0.1, 0.15) is 25.7 Å². The average Bonchev–Trinajstić information content (AvgIpc) is 2.44. The number of nitroso groups, excluding NO2 is 1. The minimum Gasteiger partial charge on any atom is -0.258 e. The molecular weight excluding hydrogens is 128 g/mol. The van der Waals surface area contributed by atoms with Gasteiger partial charge in [-0.15, -0.1) is 4.91 Å². The second-order valence-corrected chi connectivity index (χ2v) is 3.29. The standard InChI is InChI=1S/C7H12N2O/c10-8-9-5-4-6-2-1-3-7(6)9/h6-7H,1-5H2/t6-,7-/m1/s1. The minimum absolute atomic E-state index is 0.512. The maximum absolute atomic E-state index is 10.2. The Labute approximate surface area is 60.3 Å². The van der Waals surface area contributed by atoms with Gasteiger partial charge in [-0.25, -0.2) is 0 Å². The van der Waals surface area contributed by atoms with Crippen molar-refractivity contribution in [1.82, 2.24) is 5.01 Å². The molecule has 0 spiro atoms. The van der Waals surface area contributed by atoms with E-state index < -0.39 is 0 Å². The maximum Gasteiger partial charge on any atom is 0.0531 e. The second kappa shape index (κ2) is 2.22. The molecule has 0 aromatic rings. The molecule has 1 aliphatic heterocycles. The molecule has 0 bridgehead atoms. The van der Waals surface area contributed by atoms with Crippen LogP contribution < -0.4 is 0 Å². The van der Waals surface area contributed by atoms with E-state index in [1.165, 1.54) is 25.7 Å². The van der Waals surface area contributed by atoms with E-state index >= 15 is 0 Å². The van der Waals surface area contributed by atoms with Gasteiger partial charge in [0.1, 0.15) is 0 Å². The van der Waals surface area contributed by atoms with Gasteiger partial charge in [0.25, 0.3) is 0 Å². The summed E-state index contributed by atoms with van der Waals surface area (Å²) in [5, 5.41) is 4.75. The fourth-order valence-corrected chi connectivity index (χ4v) is 2.31. The van der Waals surface area contributed by atoms with Gasteiger partial charge in [0.15, 0.2) is 0 Å². The monoisotopic (exact) mass is 140 g/mol. The van der Waals surface area contributed by atoms with Gasteiger partial charge in [-0.05, 0) is 25.2 Å². The Balaban J connectivity index is 2.07. The summed E-state index contributed by atoms with van der Waals surface area (Å²) in [6, 6.07) is 0.512. The molecule has 10 heavy (non-hydrogen) atoms. The van der Waals surface area contributed by atoms with Crippen molar-refractivity contribution in [2.24, 2.45) is 11.2 Å². The molecule has 2 rings (SSSR count). The van der Waals surface area contributed by atoms with E-state index in [2.05, 4.69) is 5.29 Å². The van der Waals surface area contributed by atoms with Crippen LogP contribution in [0.25, 0.3) is 0 Å². The minimum atomic E-state index is 0.512. The topological polar surface area (TPSA) is 32.7 Å². The van der Waals surface area contributed by atoms with Crippen LogP contribution >= 0.6 is 0 Å². The maximum atomic E-state index is 10.2. The Bertz CT molecular complexity index is 149. The van der Waals surface area contributed by atoms with Crippen LogP contribution in [0.5, 0.6) is 0 Å². The zero-order valence-corrected chi connectivity index (χ0v) is 5.99. The third kappa shape index (κ3) is 0.728.